The number of methoxy groups -OCH3 is 1. The second kappa shape index (κ2) is 4.64. The van der Waals surface area contributed by atoms with E-state index in [1.54, 1.807) is 7.05 Å². The zero-order valence-electron chi connectivity index (χ0n) is 10.5. The highest BCUT2D eigenvalue weighted by atomic mass is 16.5. The summed E-state index contributed by atoms with van der Waals surface area (Å²) in [5.41, 5.74) is 0.229. The molecule has 1 heterocycles. The van der Waals surface area contributed by atoms with Crippen LogP contribution in [0.4, 0.5) is 0 Å². The maximum Gasteiger partial charge on any atom is 0.325 e. The van der Waals surface area contributed by atoms with Crippen molar-refractivity contribution >= 4 is 11.9 Å². The minimum Gasteiger partial charge on any atom is -0.468 e. The summed E-state index contributed by atoms with van der Waals surface area (Å²) in [6, 6.07) is 0. The van der Waals surface area contributed by atoms with Gasteiger partial charge in [0, 0.05) is 13.0 Å². The molecule has 1 aliphatic carbocycles. The van der Waals surface area contributed by atoms with Crippen LogP contribution >= 0.6 is 0 Å². The van der Waals surface area contributed by atoms with Gasteiger partial charge in [-0.25, -0.2) is 0 Å². The van der Waals surface area contributed by atoms with Gasteiger partial charge in [-0.2, -0.15) is 0 Å². The molecule has 1 amide bonds. The Labute approximate surface area is 101 Å². The summed E-state index contributed by atoms with van der Waals surface area (Å²) in [6.07, 6.45) is 3.14. The average Bonchev–Trinajstić information content (AvgIpc) is 3.02. The summed E-state index contributed by atoms with van der Waals surface area (Å²) in [5.74, 6) is -0.141. The van der Waals surface area contributed by atoms with Crippen LogP contribution in [0.5, 0.6) is 0 Å². The summed E-state index contributed by atoms with van der Waals surface area (Å²) in [7, 11) is 3.01. The van der Waals surface area contributed by atoms with Crippen molar-refractivity contribution in [2.24, 2.45) is 11.3 Å². The summed E-state index contributed by atoms with van der Waals surface area (Å²) in [4.78, 5) is 24.7. The Hall–Kier alpha value is -1.10. The van der Waals surface area contributed by atoms with Gasteiger partial charge in [0.1, 0.15) is 6.54 Å². The first-order valence-electron chi connectivity index (χ1n) is 6.11. The molecule has 2 aliphatic rings. The number of hydrogen-bond acceptors (Lipinski definition) is 4. The Morgan fingerprint density at radius 3 is 2.65 bits per heavy atom. The molecular formula is C12H20N2O3. The van der Waals surface area contributed by atoms with Gasteiger partial charge in [-0.05, 0) is 37.8 Å². The van der Waals surface area contributed by atoms with Crippen molar-refractivity contribution in [1.82, 2.24) is 10.2 Å². The quantitative estimate of drug-likeness (QED) is 0.706. The van der Waals surface area contributed by atoms with Crippen molar-refractivity contribution in [1.29, 1.82) is 0 Å². The van der Waals surface area contributed by atoms with Crippen molar-refractivity contribution < 1.29 is 14.3 Å². The Balaban J connectivity index is 1.87. The van der Waals surface area contributed by atoms with E-state index in [-0.39, 0.29) is 29.8 Å². The molecular weight excluding hydrogens is 220 g/mol. The predicted molar refractivity (Wildman–Crippen MR) is 62.3 cm³/mol. The van der Waals surface area contributed by atoms with Gasteiger partial charge >= 0.3 is 5.97 Å². The molecule has 0 aromatic rings. The van der Waals surface area contributed by atoms with Gasteiger partial charge in [-0.15, -0.1) is 0 Å². The monoisotopic (exact) mass is 240 g/mol. The van der Waals surface area contributed by atoms with E-state index in [1.807, 2.05) is 0 Å². The molecule has 1 spiro atoms. The fourth-order valence-corrected chi connectivity index (χ4v) is 2.78. The van der Waals surface area contributed by atoms with Crippen LogP contribution in [-0.4, -0.2) is 50.6 Å². The summed E-state index contributed by atoms with van der Waals surface area (Å²) < 4.78 is 4.57. The first-order valence-corrected chi connectivity index (χ1v) is 6.11. The summed E-state index contributed by atoms with van der Waals surface area (Å²) >= 11 is 0. The molecule has 0 bridgehead atoms. The average molecular weight is 240 g/mol. The highest BCUT2D eigenvalue weighted by Gasteiger charge is 2.58. The fourth-order valence-electron chi connectivity index (χ4n) is 2.78. The molecule has 1 saturated carbocycles. The van der Waals surface area contributed by atoms with Gasteiger partial charge < -0.3 is 15.0 Å². The minimum atomic E-state index is -0.360. The maximum atomic E-state index is 12.1. The lowest BCUT2D eigenvalue weighted by atomic mass is 9.91. The van der Waals surface area contributed by atoms with E-state index in [4.69, 9.17) is 0 Å². The molecule has 2 rings (SSSR count). The second-order valence-corrected chi connectivity index (χ2v) is 5.14. The number of carbonyl (C=O) groups is 2. The van der Waals surface area contributed by atoms with Gasteiger partial charge in [0.15, 0.2) is 0 Å². The Kier molecular flexibility index (Phi) is 3.38. The lowest BCUT2D eigenvalue weighted by Crippen LogP contribution is -2.37. The van der Waals surface area contributed by atoms with E-state index in [1.165, 1.54) is 12.0 Å². The predicted octanol–water partition coefficient (Wildman–Crippen LogP) is 0.00750. The second-order valence-electron chi connectivity index (χ2n) is 5.14. The molecule has 5 nitrogen and oxygen atoms in total. The fraction of sp³-hybridized carbons (Fsp3) is 0.833. The van der Waals surface area contributed by atoms with E-state index >= 15 is 0 Å². The molecule has 2 fully saturated rings. The van der Waals surface area contributed by atoms with E-state index in [9.17, 15) is 9.59 Å². The highest BCUT2D eigenvalue weighted by Crippen LogP contribution is 2.59. The van der Waals surface area contributed by atoms with Gasteiger partial charge in [0.25, 0.3) is 0 Å². The number of amides is 1. The van der Waals surface area contributed by atoms with Crippen LogP contribution in [0.3, 0.4) is 0 Å². The van der Waals surface area contributed by atoms with Gasteiger partial charge in [-0.1, -0.05) is 0 Å². The molecule has 5 heteroatoms. The number of carbonyl (C=O) groups excluding carboxylic acids is 2. The number of nitrogens with zero attached hydrogens (tertiary/aromatic N) is 1. The largest absolute Gasteiger partial charge is 0.468 e. The molecule has 1 N–H and O–H groups in total. The van der Waals surface area contributed by atoms with E-state index in [0.29, 0.717) is 0 Å². The van der Waals surface area contributed by atoms with Crippen LogP contribution in [0.15, 0.2) is 0 Å². The number of esters is 1. The van der Waals surface area contributed by atoms with Gasteiger partial charge in [0.05, 0.1) is 7.11 Å². The third-order valence-electron chi connectivity index (χ3n) is 4.06. The summed E-state index contributed by atoms with van der Waals surface area (Å²) in [5, 5.41) is 3.31. The molecule has 96 valence electrons. The first kappa shape index (κ1) is 12.4. The van der Waals surface area contributed by atoms with Crippen molar-refractivity contribution in [3.8, 4) is 0 Å². The highest BCUT2D eigenvalue weighted by molar-refractivity contribution is 5.86. The third-order valence-corrected chi connectivity index (χ3v) is 4.06. The topological polar surface area (TPSA) is 58.6 Å². The van der Waals surface area contributed by atoms with Crippen molar-refractivity contribution in [3.63, 3.8) is 0 Å². The molecule has 0 aromatic carbocycles. The van der Waals surface area contributed by atoms with E-state index in [2.05, 4.69) is 10.1 Å². The van der Waals surface area contributed by atoms with Crippen LogP contribution in [-0.2, 0) is 14.3 Å². The Bertz CT molecular complexity index is 324. The zero-order valence-corrected chi connectivity index (χ0v) is 10.5. The Morgan fingerprint density at radius 1 is 1.41 bits per heavy atom. The molecule has 17 heavy (non-hydrogen) atoms. The number of rotatable bonds is 3. The minimum absolute atomic E-state index is 0.0557. The van der Waals surface area contributed by atoms with Crippen LogP contribution < -0.4 is 5.32 Å². The van der Waals surface area contributed by atoms with Gasteiger partial charge in [0.2, 0.25) is 5.91 Å². The lowest BCUT2D eigenvalue weighted by Gasteiger charge is -2.24. The maximum absolute atomic E-state index is 12.1. The summed E-state index contributed by atoms with van der Waals surface area (Å²) in [6.45, 7) is 2.06. The molecule has 1 atom stereocenters. The van der Waals surface area contributed by atoms with Crippen LogP contribution in [0.25, 0.3) is 0 Å². The number of likely N-dealkylation sites (N-methyl/N-ethyl adjacent to an activating group) is 1. The lowest BCUT2D eigenvalue weighted by molar-refractivity contribution is -0.146. The van der Waals surface area contributed by atoms with Crippen LogP contribution in [0, 0.1) is 11.3 Å². The van der Waals surface area contributed by atoms with Gasteiger partial charge in [-0.3, -0.25) is 9.59 Å². The SMILES string of the molecule is COC(=O)CN(C)C(=O)C1CC12CCNCC2. The van der Waals surface area contributed by atoms with Crippen molar-refractivity contribution in [2.75, 3.05) is 33.8 Å². The normalized spacial score (nSPS) is 25.4. The van der Waals surface area contributed by atoms with E-state index in [0.717, 1.165) is 32.4 Å². The molecule has 0 radical (unpaired) electrons. The van der Waals surface area contributed by atoms with Crippen LogP contribution in [0.2, 0.25) is 0 Å². The number of hydrogen-bond donors (Lipinski definition) is 1. The van der Waals surface area contributed by atoms with Crippen molar-refractivity contribution in [3.05, 3.63) is 0 Å². The number of ether oxygens (including phenoxy) is 1. The van der Waals surface area contributed by atoms with Crippen LogP contribution in [0.1, 0.15) is 19.3 Å². The smallest absolute Gasteiger partial charge is 0.325 e. The third kappa shape index (κ3) is 2.44. The van der Waals surface area contributed by atoms with Crippen molar-refractivity contribution in [2.45, 2.75) is 19.3 Å². The number of nitrogens with one attached hydrogen (secondary N) is 1. The molecule has 0 aromatic heterocycles. The zero-order chi connectivity index (χ0) is 12.5. The first-order chi connectivity index (χ1) is 8.09. The molecule has 1 aliphatic heterocycles. The Morgan fingerprint density at radius 2 is 2.06 bits per heavy atom. The standard InChI is InChI=1S/C12H20N2O3/c1-14(8-10(15)17-2)11(16)9-7-12(9)3-5-13-6-4-12/h9,13H,3-8H2,1-2H3. The number of piperidine rings is 1. The van der Waals surface area contributed by atoms with E-state index < -0.39 is 0 Å². The molecule has 1 saturated heterocycles. The molecule has 1 unspecified atom stereocenters.